The second-order valence-corrected chi connectivity index (χ2v) is 15.1. The molecule has 0 spiro atoms. The lowest BCUT2D eigenvalue weighted by molar-refractivity contribution is -0.126. The number of carbonyl (C=O) groups excluding carboxylic acids is 1. The number of fused-ring (bicyclic) bond motifs is 7. The molecule has 3 aliphatic carbocycles. The molecule has 3 aromatic rings. The highest BCUT2D eigenvalue weighted by molar-refractivity contribution is 7.79. The minimum Gasteiger partial charge on any atom is -0.508 e. The number of piperidine rings is 1. The fraction of sp³-hybridized carbons (Fsp3) is 0.462. The first-order valence-electron chi connectivity index (χ1n) is 17.1. The number of carbonyl (C=O) groups is 1. The van der Waals surface area contributed by atoms with E-state index in [9.17, 15) is 9.90 Å². The molecule has 0 radical (unpaired) electrons. The Morgan fingerprint density at radius 3 is 2.04 bits per heavy atom. The van der Waals surface area contributed by atoms with Crippen molar-refractivity contribution in [3.8, 4) is 5.75 Å². The summed E-state index contributed by atoms with van der Waals surface area (Å²) in [5.74, 6) is 1.76. The number of phenolic OH excluding ortho intramolecular Hbond substituents is 1. The van der Waals surface area contributed by atoms with Gasteiger partial charge >= 0.3 is 10.4 Å². The Hall–Kier alpha value is -3.34. The Morgan fingerprint density at radius 2 is 1.46 bits per heavy atom. The molecule has 5 atom stereocenters. The molecular weight excluding hydrogens is 626 g/mol. The van der Waals surface area contributed by atoms with Crippen molar-refractivity contribution in [2.45, 2.75) is 94.9 Å². The molecule has 8 rings (SSSR count). The molecule has 2 aliphatic heterocycles. The van der Waals surface area contributed by atoms with Crippen LogP contribution in [0.3, 0.4) is 0 Å². The number of phenols is 1. The van der Waals surface area contributed by atoms with Crippen LogP contribution in [0, 0.1) is 11.3 Å². The molecule has 2 bridgehead atoms. The summed E-state index contributed by atoms with van der Waals surface area (Å²) in [6.07, 6.45) is 12.5. The molecule has 0 amide bonds. The first-order valence-corrected chi connectivity index (χ1v) is 18.5. The minimum atomic E-state index is -4.67. The predicted octanol–water partition coefficient (Wildman–Crippen LogP) is 7.50. The maximum absolute atomic E-state index is 12.2. The van der Waals surface area contributed by atoms with Crippen LogP contribution in [0.2, 0.25) is 0 Å². The Labute approximate surface area is 284 Å². The molecular formula is C39H47NO7S. The van der Waals surface area contributed by atoms with Gasteiger partial charge in [-0.05, 0) is 98.7 Å². The molecule has 2 heterocycles. The number of hydrogen-bond acceptors (Lipinski definition) is 6. The van der Waals surface area contributed by atoms with E-state index in [1.807, 2.05) is 6.07 Å². The lowest BCUT2D eigenvalue weighted by Gasteiger charge is -2.43. The van der Waals surface area contributed by atoms with Gasteiger partial charge in [0.15, 0.2) is 0 Å². The maximum atomic E-state index is 12.2. The molecule has 8 nitrogen and oxygen atoms in total. The number of aromatic hydroxyl groups is 1. The largest absolute Gasteiger partial charge is 0.508 e. The molecule has 3 aromatic carbocycles. The second-order valence-electron chi connectivity index (χ2n) is 14.2. The minimum absolute atomic E-state index is 0.0465. The standard InChI is InChI=1S/C21H25NO.C18H20O2.H2O4S/c1-22-18-12-13-19(22)15-20(14-18)23-21(16-8-4-2-5-9-16)17-10-6-3-7-11-17;1-18-9-8-14-13-5-3-12(19)10-11(13)2-4-15(14)16(18)6-7-17(18)20;1-5(2,3)4/h2-11,18-21H,12-15H2,1H3;3-5,10,14,16,19H,2,6-9H2,1H3;(H2,1,2,3,4). The fourth-order valence-electron chi connectivity index (χ4n) is 9.00. The molecule has 0 aromatic heterocycles. The van der Waals surface area contributed by atoms with Gasteiger partial charge in [-0.15, -0.1) is 0 Å². The van der Waals surface area contributed by atoms with Gasteiger partial charge in [-0.25, -0.2) is 0 Å². The number of hydrogen-bond donors (Lipinski definition) is 3. The van der Waals surface area contributed by atoms with Gasteiger partial charge < -0.3 is 14.7 Å². The maximum Gasteiger partial charge on any atom is 0.394 e. The Morgan fingerprint density at radius 1 is 0.875 bits per heavy atom. The van der Waals surface area contributed by atoms with Crippen LogP contribution in [0.5, 0.6) is 5.75 Å². The molecule has 5 aliphatic rings. The van der Waals surface area contributed by atoms with E-state index >= 15 is 0 Å². The van der Waals surface area contributed by atoms with Crippen LogP contribution in [0.25, 0.3) is 0 Å². The summed E-state index contributed by atoms with van der Waals surface area (Å²) >= 11 is 0. The van der Waals surface area contributed by atoms with Crippen molar-refractivity contribution >= 4 is 16.2 Å². The van der Waals surface area contributed by atoms with E-state index in [4.69, 9.17) is 22.3 Å². The van der Waals surface area contributed by atoms with Gasteiger partial charge in [0.05, 0.1) is 6.10 Å². The molecule has 9 heteroatoms. The van der Waals surface area contributed by atoms with Crippen molar-refractivity contribution in [2.75, 3.05) is 7.05 Å². The summed E-state index contributed by atoms with van der Waals surface area (Å²) in [5.41, 5.74) is 6.54. The van der Waals surface area contributed by atoms with Gasteiger partial charge in [0.1, 0.15) is 17.6 Å². The van der Waals surface area contributed by atoms with Gasteiger partial charge in [-0.3, -0.25) is 13.9 Å². The van der Waals surface area contributed by atoms with Crippen molar-refractivity contribution in [1.82, 2.24) is 4.90 Å². The summed E-state index contributed by atoms with van der Waals surface area (Å²) in [6.45, 7) is 2.18. The number of allylic oxidation sites excluding steroid dienone is 2. The SMILES string of the molecule is CC12CCC3C(=CCc4cc(O)ccc43)C1CCC2=O.CN1C2CCC1CC(OC(c1ccccc1)c1ccccc1)C2.O=S(=O)(O)O. The summed E-state index contributed by atoms with van der Waals surface area (Å²) in [5, 5.41) is 9.64. The smallest absolute Gasteiger partial charge is 0.394 e. The highest BCUT2D eigenvalue weighted by Crippen LogP contribution is 2.58. The van der Waals surface area contributed by atoms with Crippen LogP contribution in [0.4, 0.5) is 0 Å². The zero-order chi connectivity index (χ0) is 34.1. The molecule has 4 fully saturated rings. The van der Waals surface area contributed by atoms with Crippen molar-refractivity contribution in [2.24, 2.45) is 11.3 Å². The average molecular weight is 674 g/mol. The van der Waals surface area contributed by atoms with Crippen molar-refractivity contribution in [1.29, 1.82) is 0 Å². The lowest BCUT2D eigenvalue weighted by atomic mass is 9.60. The third-order valence-electron chi connectivity index (χ3n) is 11.5. The van der Waals surface area contributed by atoms with Crippen LogP contribution in [-0.2, 0) is 26.4 Å². The first kappa shape index (κ1) is 34.5. The molecule has 256 valence electrons. The Kier molecular flexibility index (Phi) is 10.3. The number of rotatable bonds is 4. The van der Waals surface area contributed by atoms with E-state index in [0.717, 1.165) is 32.1 Å². The Balaban J connectivity index is 0.000000148. The summed E-state index contributed by atoms with van der Waals surface area (Å²) in [6, 6.07) is 28.5. The number of ether oxygens (including phenoxy) is 1. The van der Waals surface area contributed by atoms with E-state index in [1.165, 1.54) is 53.5 Å². The van der Waals surface area contributed by atoms with Crippen LogP contribution in [0.15, 0.2) is 90.5 Å². The van der Waals surface area contributed by atoms with Crippen LogP contribution >= 0.6 is 0 Å². The molecule has 48 heavy (non-hydrogen) atoms. The van der Waals surface area contributed by atoms with Crippen LogP contribution in [-0.4, -0.2) is 58.5 Å². The highest BCUT2D eigenvalue weighted by Gasteiger charge is 2.52. The second kappa shape index (κ2) is 14.3. The fourth-order valence-corrected chi connectivity index (χ4v) is 9.00. The third-order valence-corrected chi connectivity index (χ3v) is 11.5. The molecule has 5 unspecified atom stereocenters. The summed E-state index contributed by atoms with van der Waals surface area (Å²) in [7, 11) is -2.38. The van der Waals surface area contributed by atoms with Gasteiger partial charge in [0.2, 0.25) is 0 Å². The van der Waals surface area contributed by atoms with Gasteiger partial charge in [0, 0.05) is 29.8 Å². The van der Waals surface area contributed by atoms with E-state index in [2.05, 4.69) is 91.7 Å². The number of ketones is 1. The monoisotopic (exact) mass is 673 g/mol. The summed E-state index contributed by atoms with van der Waals surface area (Å²) < 4.78 is 38.2. The van der Waals surface area contributed by atoms with Crippen molar-refractivity contribution < 1.29 is 32.2 Å². The van der Waals surface area contributed by atoms with Crippen LogP contribution < -0.4 is 0 Å². The van der Waals surface area contributed by atoms with Crippen molar-refractivity contribution in [3.05, 3.63) is 113 Å². The topological polar surface area (TPSA) is 124 Å². The van der Waals surface area contributed by atoms with Gasteiger partial charge in [-0.1, -0.05) is 85.3 Å². The number of nitrogens with zero attached hydrogens (tertiary/aromatic N) is 1. The van der Waals surface area contributed by atoms with E-state index < -0.39 is 10.4 Å². The van der Waals surface area contributed by atoms with E-state index in [1.54, 1.807) is 6.07 Å². The van der Waals surface area contributed by atoms with Gasteiger partial charge in [0.25, 0.3) is 0 Å². The molecule has 2 saturated heterocycles. The first-order chi connectivity index (χ1) is 22.9. The number of benzene rings is 3. The average Bonchev–Trinajstić information content (AvgIpc) is 3.46. The summed E-state index contributed by atoms with van der Waals surface area (Å²) in [4.78, 5) is 14.8. The predicted molar refractivity (Wildman–Crippen MR) is 185 cm³/mol. The normalized spacial score (nSPS) is 29.0. The highest BCUT2D eigenvalue weighted by atomic mass is 32.3. The Bertz CT molecular complexity index is 1670. The molecule has 2 saturated carbocycles. The third kappa shape index (κ3) is 7.61. The zero-order valence-electron chi connectivity index (χ0n) is 27.7. The van der Waals surface area contributed by atoms with E-state index in [0.29, 0.717) is 41.6 Å². The van der Waals surface area contributed by atoms with Crippen LogP contribution in [0.1, 0.15) is 92.6 Å². The number of Topliss-reactive ketones (excluding diaryl/α,β-unsaturated/α-hetero) is 1. The lowest BCUT2D eigenvalue weighted by Crippen LogP contribution is -2.43. The zero-order valence-corrected chi connectivity index (χ0v) is 28.6. The van der Waals surface area contributed by atoms with Gasteiger partial charge in [-0.2, -0.15) is 8.42 Å². The quantitative estimate of drug-likeness (QED) is 0.192. The van der Waals surface area contributed by atoms with Crippen molar-refractivity contribution in [3.63, 3.8) is 0 Å². The van der Waals surface area contributed by atoms with E-state index in [-0.39, 0.29) is 11.5 Å². The molecule has 3 N–H and O–H groups in total.